The average Bonchev–Trinajstić information content (AvgIpc) is 3.48. The molecule has 0 N–H and O–H groups in total. The first kappa shape index (κ1) is 20.7. The van der Waals surface area contributed by atoms with Gasteiger partial charge in [0.25, 0.3) is 0 Å². The van der Waals surface area contributed by atoms with Gasteiger partial charge in [0.05, 0.1) is 26.7 Å². The molecular formula is C24H23N3O3S. The zero-order chi connectivity index (χ0) is 21.5. The maximum absolute atomic E-state index is 5.61. The van der Waals surface area contributed by atoms with E-state index in [0.29, 0.717) is 18.0 Å². The van der Waals surface area contributed by atoms with Crippen molar-refractivity contribution < 1.29 is 13.9 Å². The highest BCUT2D eigenvalue weighted by Crippen LogP contribution is 2.29. The Morgan fingerprint density at radius 3 is 2.61 bits per heavy atom. The van der Waals surface area contributed by atoms with Crippen LogP contribution in [0, 0.1) is 0 Å². The second-order valence-corrected chi connectivity index (χ2v) is 7.47. The van der Waals surface area contributed by atoms with Crippen molar-refractivity contribution in [3.63, 3.8) is 0 Å². The standard InChI is InChI=1S/C24H23N3O3S/c1-28-22-11-6-10-19(23(22)29-2)16-26-27-20(21-12-7-15-30-21)17-31-24(27)25-14-13-18-8-4-3-5-9-18/h3-12,15-17H,13-14H2,1-2H3. The number of hydrogen-bond donors (Lipinski definition) is 0. The molecule has 2 aromatic carbocycles. The number of methoxy groups -OCH3 is 2. The molecule has 0 atom stereocenters. The Bertz CT molecular complexity index is 1210. The largest absolute Gasteiger partial charge is 0.493 e. The lowest BCUT2D eigenvalue weighted by Crippen LogP contribution is -2.13. The number of benzene rings is 2. The van der Waals surface area contributed by atoms with Crippen LogP contribution < -0.4 is 14.3 Å². The quantitative estimate of drug-likeness (QED) is 0.373. The molecule has 0 aliphatic heterocycles. The lowest BCUT2D eigenvalue weighted by Gasteiger charge is -2.09. The van der Waals surface area contributed by atoms with E-state index in [4.69, 9.17) is 24.0 Å². The fourth-order valence-electron chi connectivity index (χ4n) is 3.17. The first-order valence-corrected chi connectivity index (χ1v) is 10.7. The zero-order valence-corrected chi connectivity index (χ0v) is 18.2. The summed E-state index contributed by atoms with van der Waals surface area (Å²) in [7, 11) is 3.23. The van der Waals surface area contributed by atoms with Crippen LogP contribution in [0.5, 0.6) is 11.5 Å². The Balaban J connectivity index is 1.69. The van der Waals surface area contributed by atoms with E-state index < -0.39 is 0 Å². The molecule has 0 saturated heterocycles. The second kappa shape index (κ2) is 9.95. The predicted octanol–water partition coefficient (Wildman–Crippen LogP) is 4.85. The first-order valence-electron chi connectivity index (χ1n) is 9.84. The third kappa shape index (κ3) is 4.78. The molecule has 0 bridgehead atoms. The number of hydrogen-bond acceptors (Lipinski definition) is 6. The van der Waals surface area contributed by atoms with Crippen molar-refractivity contribution in [1.82, 2.24) is 4.68 Å². The summed E-state index contributed by atoms with van der Waals surface area (Å²) in [6.07, 6.45) is 4.26. The number of para-hydroxylation sites is 1. The van der Waals surface area contributed by atoms with Gasteiger partial charge in [0.1, 0.15) is 5.69 Å². The van der Waals surface area contributed by atoms with Crippen molar-refractivity contribution in [2.24, 2.45) is 10.1 Å². The molecule has 6 nitrogen and oxygen atoms in total. The van der Waals surface area contributed by atoms with Crippen LogP contribution in [0.2, 0.25) is 0 Å². The van der Waals surface area contributed by atoms with Crippen molar-refractivity contribution in [3.05, 3.63) is 88.2 Å². The van der Waals surface area contributed by atoms with Gasteiger partial charge in [-0.1, -0.05) is 36.4 Å². The molecule has 4 rings (SSSR count). The summed E-state index contributed by atoms with van der Waals surface area (Å²) in [5.74, 6) is 2.02. The molecule has 0 fully saturated rings. The van der Waals surface area contributed by atoms with Gasteiger partial charge in [0, 0.05) is 17.5 Å². The Morgan fingerprint density at radius 2 is 1.87 bits per heavy atom. The Morgan fingerprint density at radius 1 is 1.00 bits per heavy atom. The molecule has 2 aromatic heterocycles. The van der Waals surface area contributed by atoms with Crippen LogP contribution in [0.4, 0.5) is 0 Å². The highest BCUT2D eigenvalue weighted by molar-refractivity contribution is 7.07. The first-order chi connectivity index (χ1) is 15.3. The molecule has 0 spiro atoms. The predicted molar refractivity (Wildman–Crippen MR) is 123 cm³/mol. The van der Waals surface area contributed by atoms with E-state index in [1.807, 2.05) is 53.9 Å². The lowest BCUT2D eigenvalue weighted by molar-refractivity contribution is 0.354. The van der Waals surface area contributed by atoms with Gasteiger partial charge in [0.2, 0.25) is 4.80 Å². The molecular weight excluding hydrogens is 410 g/mol. The Hall–Kier alpha value is -3.58. The molecule has 7 heteroatoms. The fourth-order valence-corrected chi connectivity index (χ4v) is 4.02. The van der Waals surface area contributed by atoms with Gasteiger partial charge in [-0.05, 0) is 36.2 Å². The zero-order valence-electron chi connectivity index (χ0n) is 17.4. The molecule has 0 saturated carbocycles. The van der Waals surface area contributed by atoms with Crippen molar-refractivity contribution in [3.8, 4) is 23.0 Å². The number of rotatable bonds is 8. The smallest absolute Gasteiger partial charge is 0.206 e. The monoisotopic (exact) mass is 433 g/mol. The van der Waals surface area contributed by atoms with Gasteiger partial charge in [-0.3, -0.25) is 4.99 Å². The van der Waals surface area contributed by atoms with Gasteiger partial charge < -0.3 is 13.9 Å². The maximum atomic E-state index is 5.61. The molecule has 0 aliphatic rings. The van der Waals surface area contributed by atoms with Crippen molar-refractivity contribution in [2.45, 2.75) is 6.42 Å². The highest BCUT2D eigenvalue weighted by atomic mass is 32.1. The lowest BCUT2D eigenvalue weighted by atomic mass is 10.2. The normalized spacial score (nSPS) is 11.9. The van der Waals surface area contributed by atoms with E-state index in [0.717, 1.165) is 28.2 Å². The summed E-state index contributed by atoms with van der Waals surface area (Å²) in [6, 6.07) is 19.8. The number of thiazole rings is 1. The minimum absolute atomic E-state index is 0.631. The average molecular weight is 434 g/mol. The van der Waals surface area contributed by atoms with E-state index in [1.165, 1.54) is 16.9 Å². The molecule has 0 unspecified atom stereocenters. The highest BCUT2D eigenvalue weighted by Gasteiger charge is 2.11. The van der Waals surface area contributed by atoms with Gasteiger partial charge in [-0.15, -0.1) is 11.3 Å². The summed E-state index contributed by atoms with van der Waals surface area (Å²) >= 11 is 1.53. The van der Waals surface area contributed by atoms with E-state index in [9.17, 15) is 0 Å². The van der Waals surface area contributed by atoms with Gasteiger partial charge >= 0.3 is 0 Å². The van der Waals surface area contributed by atoms with Gasteiger partial charge in [0.15, 0.2) is 17.3 Å². The van der Waals surface area contributed by atoms with Crippen molar-refractivity contribution >= 4 is 17.6 Å². The Kier molecular flexibility index (Phi) is 6.64. The van der Waals surface area contributed by atoms with E-state index in [1.54, 1.807) is 31.4 Å². The van der Waals surface area contributed by atoms with Crippen molar-refractivity contribution in [1.29, 1.82) is 0 Å². The number of nitrogens with zero attached hydrogens (tertiary/aromatic N) is 3. The van der Waals surface area contributed by atoms with Crippen LogP contribution in [-0.4, -0.2) is 31.7 Å². The summed E-state index contributed by atoms with van der Waals surface area (Å²) in [4.78, 5) is 5.58. The molecule has 4 aromatic rings. The van der Waals surface area contributed by atoms with E-state index in [-0.39, 0.29) is 0 Å². The van der Waals surface area contributed by atoms with Crippen LogP contribution in [-0.2, 0) is 6.42 Å². The molecule has 2 heterocycles. The maximum Gasteiger partial charge on any atom is 0.206 e. The third-order valence-corrected chi connectivity index (χ3v) is 5.55. The van der Waals surface area contributed by atoms with Crippen LogP contribution in [0.15, 0.2) is 86.8 Å². The molecule has 0 radical (unpaired) electrons. The van der Waals surface area contributed by atoms with Crippen LogP contribution in [0.3, 0.4) is 0 Å². The van der Waals surface area contributed by atoms with Crippen LogP contribution >= 0.6 is 11.3 Å². The summed E-state index contributed by atoms with van der Waals surface area (Å²) in [5.41, 5.74) is 2.90. The third-order valence-electron chi connectivity index (χ3n) is 4.70. The second-order valence-electron chi connectivity index (χ2n) is 6.64. The van der Waals surface area contributed by atoms with Crippen LogP contribution in [0.25, 0.3) is 11.5 Å². The Labute approximate surface area is 184 Å². The fraction of sp³-hybridized carbons (Fsp3) is 0.167. The molecule has 31 heavy (non-hydrogen) atoms. The molecule has 0 aliphatic carbocycles. The molecule has 158 valence electrons. The van der Waals surface area contributed by atoms with Gasteiger partial charge in [-0.2, -0.15) is 5.10 Å². The SMILES string of the molecule is COc1cccc(C=Nn2c(-c3ccco3)csc2=NCCc2ccccc2)c1OC. The number of aromatic nitrogens is 1. The van der Waals surface area contributed by atoms with Crippen molar-refractivity contribution in [2.75, 3.05) is 20.8 Å². The number of furan rings is 1. The summed E-state index contributed by atoms with van der Waals surface area (Å²) in [5, 5.41) is 6.72. The van der Waals surface area contributed by atoms with Crippen LogP contribution in [0.1, 0.15) is 11.1 Å². The van der Waals surface area contributed by atoms with E-state index >= 15 is 0 Å². The summed E-state index contributed by atoms with van der Waals surface area (Å²) < 4.78 is 18.3. The summed E-state index contributed by atoms with van der Waals surface area (Å²) in [6.45, 7) is 0.667. The molecule has 0 amide bonds. The number of ether oxygens (including phenoxy) is 2. The van der Waals surface area contributed by atoms with Gasteiger partial charge in [-0.25, -0.2) is 4.68 Å². The minimum atomic E-state index is 0.631. The van der Waals surface area contributed by atoms with E-state index in [2.05, 4.69) is 12.1 Å². The topological polar surface area (TPSA) is 61.2 Å². The minimum Gasteiger partial charge on any atom is -0.493 e.